The summed E-state index contributed by atoms with van der Waals surface area (Å²) in [6.07, 6.45) is 0. The van der Waals surface area contributed by atoms with Crippen molar-refractivity contribution in [2.24, 2.45) is 0 Å². The van der Waals surface area contributed by atoms with Crippen molar-refractivity contribution in [2.75, 3.05) is 0 Å². The van der Waals surface area contributed by atoms with Crippen molar-refractivity contribution in [3.8, 4) is 0 Å². The monoisotopic (exact) mass is 578 g/mol. The van der Waals surface area contributed by atoms with Crippen LogP contribution in [0.4, 0.5) is 13.2 Å². The van der Waals surface area contributed by atoms with Gasteiger partial charge in [0.05, 0.1) is 37.7 Å². The fourth-order valence-electron chi connectivity index (χ4n) is 3.77. The average Bonchev–Trinajstić information content (AvgIpc) is 2.73. The fraction of sp³-hybridized carbons (Fsp3) is 0.269. The molecule has 0 radical (unpaired) electrons. The van der Waals surface area contributed by atoms with E-state index in [9.17, 15) is 13.2 Å². The van der Waals surface area contributed by atoms with Crippen molar-refractivity contribution in [2.45, 2.75) is 47.1 Å². The number of rotatable bonds is 3. The Morgan fingerprint density at radius 1 is 0.611 bits per heavy atom. The number of hydrogen-bond donors (Lipinski definition) is 0. The molecule has 0 fully saturated rings. The molecule has 0 heterocycles. The van der Waals surface area contributed by atoms with E-state index in [0.29, 0.717) is 0 Å². The molecule has 0 saturated carbocycles. The fourth-order valence-corrected chi connectivity index (χ4v) is 4.10. The van der Waals surface area contributed by atoms with E-state index in [0.717, 1.165) is 71.1 Å². The molecule has 0 aliphatic rings. The molecule has 0 atom stereocenters. The van der Waals surface area contributed by atoms with Gasteiger partial charge in [0, 0.05) is 0 Å². The van der Waals surface area contributed by atoms with Gasteiger partial charge >= 0.3 is 5.51 Å². The zero-order valence-corrected chi connectivity index (χ0v) is 23.4. The number of hydrogen-bond acceptors (Lipinski definition) is 3. The van der Waals surface area contributed by atoms with E-state index in [4.69, 9.17) is 47.8 Å². The third-order valence-corrected chi connectivity index (χ3v) is 7.81. The molecule has 0 amide bonds. The van der Waals surface area contributed by atoms with E-state index >= 15 is 0 Å². The smallest absolute Gasteiger partial charge is 0.485 e. The third-order valence-electron chi connectivity index (χ3n) is 5.46. The molecule has 0 N–H and O–H groups in total. The number of alkyl halides is 3. The van der Waals surface area contributed by atoms with E-state index in [1.807, 2.05) is 41.5 Å². The molecule has 3 nitrogen and oxygen atoms in total. The van der Waals surface area contributed by atoms with Gasteiger partial charge < -0.3 is 4.55 Å². The second-order valence-corrected chi connectivity index (χ2v) is 11.1. The minimum absolute atomic E-state index is 0.815. The first-order chi connectivity index (χ1) is 16.3. The van der Waals surface area contributed by atoms with Crippen LogP contribution < -0.4 is 0 Å². The summed E-state index contributed by atoms with van der Waals surface area (Å²) in [5.41, 5.74) is 4.19. The minimum Gasteiger partial charge on any atom is -0.741 e. The van der Waals surface area contributed by atoms with Crippen LogP contribution in [0.15, 0.2) is 36.4 Å². The summed E-state index contributed by atoms with van der Waals surface area (Å²) >= 11 is 19.3. The van der Waals surface area contributed by atoms with Crippen LogP contribution in [0.3, 0.4) is 0 Å². The Labute approximate surface area is 225 Å². The lowest BCUT2D eigenvalue weighted by Gasteiger charge is -2.18. The first-order valence-electron chi connectivity index (χ1n) is 10.6. The summed E-state index contributed by atoms with van der Waals surface area (Å²) < 4.78 is 58.9. The Morgan fingerprint density at radius 2 is 0.778 bits per heavy atom. The first-order valence-corrected chi connectivity index (χ1v) is 13.1. The summed E-state index contributed by atoms with van der Waals surface area (Å²) in [4.78, 5) is 0. The highest BCUT2D eigenvalue weighted by Gasteiger charge is 2.37. The average molecular weight is 580 g/mol. The van der Waals surface area contributed by atoms with Crippen LogP contribution >= 0.6 is 34.8 Å². The summed E-state index contributed by atoms with van der Waals surface area (Å²) in [7, 11) is -6.09. The molecule has 0 bridgehead atoms. The van der Waals surface area contributed by atoms with Gasteiger partial charge in [-0.25, -0.2) is 8.42 Å². The lowest BCUT2D eigenvalue weighted by atomic mass is 9.82. The lowest BCUT2D eigenvalue weighted by Crippen LogP contribution is -2.21. The van der Waals surface area contributed by atoms with Gasteiger partial charge in [-0.05, 0) is 111 Å². The minimum atomic E-state index is -6.09. The zero-order valence-electron chi connectivity index (χ0n) is 20.4. The third kappa shape index (κ3) is 6.90. The normalized spacial score (nSPS) is 11.7. The molecule has 3 rings (SSSR count). The van der Waals surface area contributed by atoms with E-state index in [-0.39, 0.29) is 0 Å². The molecule has 0 aromatic heterocycles. The van der Waals surface area contributed by atoms with Crippen LogP contribution in [0, 0.1) is 47.5 Å². The van der Waals surface area contributed by atoms with Crippen LogP contribution in [0.5, 0.6) is 0 Å². The van der Waals surface area contributed by atoms with E-state index < -0.39 is 15.6 Å². The van der Waals surface area contributed by atoms with Crippen molar-refractivity contribution < 1.29 is 26.1 Å². The van der Waals surface area contributed by atoms with Gasteiger partial charge in [-0.3, -0.25) is 0 Å². The molecular weight excluding hydrogens is 556 g/mol. The highest BCUT2D eigenvalue weighted by atomic mass is 35.5. The first kappa shape index (κ1) is 30.3. The van der Waals surface area contributed by atoms with Crippen LogP contribution in [0.2, 0.25) is 15.1 Å². The largest absolute Gasteiger partial charge is 0.741 e. The van der Waals surface area contributed by atoms with Crippen LogP contribution in [0.25, 0.3) is 0 Å². The molecule has 3 aromatic rings. The van der Waals surface area contributed by atoms with Gasteiger partial charge in [-0.2, -0.15) is 13.2 Å². The molecule has 0 aliphatic carbocycles. The maximum absolute atomic E-state index is 10.7. The highest BCUT2D eigenvalue weighted by molar-refractivity contribution is 7.86. The van der Waals surface area contributed by atoms with Crippen LogP contribution in [0.1, 0.15) is 50.1 Å². The zero-order chi connectivity index (χ0) is 27.7. The highest BCUT2D eigenvalue weighted by Crippen LogP contribution is 2.38. The second kappa shape index (κ2) is 11.2. The van der Waals surface area contributed by atoms with Gasteiger partial charge in [0.1, 0.15) is 0 Å². The predicted molar refractivity (Wildman–Crippen MR) is 139 cm³/mol. The van der Waals surface area contributed by atoms with Crippen molar-refractivity contribution >= 4 is 44.9 Å². The predicted octanol–water partition coefficient (Wildman–Crippen LogP) is 8.57. The maximum atomic E-state index is 10.7. The van der Waals surface area contributed by atoms with Crippen LogP contribution in [-0.4, -0.2) is 18.5 Å². The maximum Gasteiger partial charge on any atom is 0.485 e. The Balaban J connectivity index is 0.000000493. The standard InChI is InChI=1S/C25H24Cl3.CHF3O3S/c1-13-7-19(8-14(2)23(13)26)22(20-9-15(3)24(27)16(4)10-20)21-11-17(5)25(28)18(6)12-21;2-1(3,4)8(5,6)7/h7-12H,1-6H3;(H,5,6,7)/q+1;/p-1. The molecule has 194 valence electrons. The number of halogens is 6. The second-order valence-electron chi connectivity index (χ2n) is 8.55. The van der Waals surface area contributed by atoms with Gasteiger partial charge in [0.2, 0.25) is 0 Å². The Bertz CT molecular complexity index is 1200. The SMILES string of the molecule is Cc1cc([C+](c2cc(C)c(Cl)c(C)c2)c2cc(C)c(Cl)c(C)c2)cc(C)c1Cl.O=S(=O)([O-])C(F)(F)F. The quantitative estimate of drug-likeness (QED) is 0.135. The Morgan fingerprint density at radius 3 is 0.917 bits per heavy atom. The van der Waals surface area contributed by atoms with E-state index in [1.54, 1.807) is 0 Å². The molecule has 10 heteroatoms. The van der Waals surface area contributed by atoms with Crippen molar-refractivity contribution in [1.82, 2.24) is 0 Å². The van der Waals surface area contributed by atoms with Crippen molar-refractivity contribution in [3.63, 3.8) is 0 Å². The van der Waals surface area contributed by atoms with E-state index in [1.165, 1.54) is 0 Å². The van der Waals surface area contributed by atoms with Gasteiger partial charge in [-0.15, -0.1) is 0 Å². The molecule has 0 spiro atoms. The molecular formula is C26H24Cl3F3O3S. The molecule has 36 heavy (non-hydrogen) atoms. The van der Waals surface area contributed by atoms with Crippen molar-refractivity contribution in [3.05, 3.63) is 107 Å². The Kier molecular flexibility index (Phi) is 9.46. The summed E-state index contributed by atoms with van der Waals surface area (Å²) in [5, 5.41) is 2.44. The molecule has 0 unspecified atom stereocenters. The van der Waals surface area contributed by atoms with E-state index in [2.05, 4.69) is 36.4 Å². The summed E-state index contributed by atoms with van der Waals surface area (Å²) in [5.74, 6) is 1.16. The Hall–Kier alpha value is -1.90. The molecule has 0 saturated heterocycles. The van der Waals surface area contributed by atoms with Crippen molar-refractivity contribution in [1.29, 1.82) is 0 Å². The van der Waals surface area contributed by atoms with Gasteiger partial charge in [0.15, 0.2) is 10.1 Å². The lowest BCUT2D eigenvalue weighted by molar-refractivity contribution is -0.0517. The number of aryl methyl sites for hydroxylation is 6. The number of benzene rings is 3. The topological polar surface area (TPSA) is 57.2 Å². The summed E-state index contributed by atoms with van der Waals surface area (Å²) in [6, 6.07) is 12.9. The van der Waals surface area contributed by atoms with Crippen LogP contribution in [-0.2, 0) is 10.1 Å². The molecule has 3 aromatic carbocycles. The summed E-state index contributed by atoms with van der Waals surface area (Å²) in [6.45, 7) is 12.3. The van der Waals surface area contributed by atoms with Gasteiger partial charge in [-0.1, -0.05) is 34.8 Å². The molecule has 0 aliphatic heterocycles. The van der Waals surface area contributed by atoms with Gasteiger partial charge in [0.25, 0.3) is 0 Å².